The van der Waals surface area contributed by atoms with E-state index in [2.05, 4.69) is 25.8 Å². The second-order valence-corrected chi connectivity index (χ2v) is 8.59. The molecule has 0 saturated carbocycles. The third-order valence-corrected chi connectivity index (χ3v) is 5.43. The van der Waals surface area contributed by atoms with Crippen LogP contribution >= 0.6 is 13.5 Å². The fraction of sp³-hybridized carbons (Fsp3) is 0.560. The minimum absolute atomic E-state index is 0. The fourth-order valence-electron chi connectivity index (χ4n) is 3.49. The number of aliphatic imine (C=N–C) groups is 1. The molecule has 0 aliphatic heterocycles. The van der Waals surface area contributed by atoms with Crippen molar-refractivity contribution in [3.8, 4) is 11.4 Å². The number of unbranched alkanes of at least 4 members (excludes halogenated alkanes) is 2. The van der Waals surface area contributed by atoms with Gasteiger partial charge in [0.15, 0.2) is 5.78 Å². The number of nitrogens with zero attached hydrogens (tertiary/aromatic N) is 4. The summed E-state index contributed by atoms with van der Waals surface area (Å²) in [5, 5.41) is 13.9. The predicted molar refractivity (Wildman–Crippen MR) is 147 cm³/mol. The van der Waals surface area contributed by atoms with Gasteiger partial charge in [-0.2, -0.15) is 13.5 Å². The van der Waals surface area contributed by atoms with E-state index in [4.69, 9.17) is 9.47 Å². The average molecular weight is 521 g/mol. The molecule has 2 N–H and O–H groups in total. The summed E-state index contributed by atoms with van der Waals surface area (Å²) in [5.41, 5.74) is 1.72. The first-order chi connectivity index (χ1) is 16.9. The molecule has 200 valence electrons. The monoisotopic (exact) mass is 520 g/mol. The van der Waals surface area contributed by atoms with Crippen molar-refractivity contribution in [1.29, 1.82) is 0 Å². The molecule has 36 heavy (non-hydrogen) atoms. The number of rotatable bonds is 15. The number of anilines is 1. The lowest BCUT2D eigenvalue weighted by Crippen LogP contribution is -2.44. The lowest BCUT2D eigenvalue weighted by Gasteiger charge is -2.20. The molecule has 2 aromatic rings. The van der Waals surface area contributed by atoms with Crippen molar-refractivity contribution in [3.63, 3.8) is 0 Å². The van der Waals surface area contributed by atoms with E-state index in [-0.39, 0.29) is 25.2 Å². The van der Waals surface area contributed by atoms with E-state index in [1.165, 1.54) is 0 Å². The number of carbonyl (C=O) groups excluding carboxylic acids is 2. The van der Waals surface area contributed by atoms with Gasteiger partial charge in [-0.1, -0.05) is 27.2 Å². The van der Waals surface area contributed by atoms with Crippen molar-refractivity contribution in [3.05, 3.63) is 30.4 Å². The highest BCUT2D eigenvalue weighted by molar-refractivity contribution is 7.59. The van der Waals surface area contributed by atoms with Gasteiger partial charge in [-0.05, 0) is 44.2 Å². The molecule has 10 nitrogen and oxygen atoms in total. The van der Waals surface area contributed by atoms with E-state index in [0.29, 0.717) is 19.6 Å². The van der Waals surface area contributed by atoms with Crippen LogP contribution in [-0.4, -0.2) is 59.3 Å². The van der Waals surface area contributed by atoms with Crippen LogP contribution in [0.2, 0.25) is 0 Å². The zero-order valence-corrected chi connectivity index (χ0v) is 22.9. The summed E-state index contributed by atoms with van der Waals surface area (Å²) in [4.78, 5) is 28.8. The standard InChI is InChI=1S/C25H38N6O4.H2S/c1-6-14-35-25(33)29-24(18(2)3)23(32)10-8-7-9-13-26-16-27-21-15-20(34-5)11-12-22(21)31-17-28-30-19(31)4;/h11-12,15-18,24H,6-10,13-14H2,1-5H3,(H,26,27)(H,29,33);1H2/t24-;/m0./s1. The summed E-state index contributed by atoms with van der Waals surface area (Å²) in [6, 6.07) is 5.19. The highest BCUT2D eigenvalue weighted by atomic mass is 32.1. The molecule has 1 aromatic heterocycles. The Kier molecular flexibility index (Phi) is 14.2. The molecule has 2 rings (SSSR count). The number of methoxy groups -OCH3 is 1. The molecule has 11 heteroatoms. The van der Waals surface area contributed by atoms with Gasteiger partial charge in [0.25, 0.3) is 0 Å². The number of nitrogens with one attached hydrogen (secondary N) is 2. The first-order valence-corrected chi connectivity index (χ1v) is 12.1. The van der Waals surface area contributed by atoms with Gasteiger partial charge < -0.3 is 20.1 Å². The van der Waals surface area contributed by atoms with Crippen molar-refractivity contribution in [2.75, 3.05) is 25.6 Å². The number of aromatic nitrogens is 3. The maximum Gasteiger partial charge on any atom is 0.407 e. The summed E-state index contributed by atoms with van der Waals surface area (Å²) in [6.07, 6.45) is 6.46. The van der Waals surface area contributed by atoms with Gasteiger partial charge in [-0.25, -0.2) is 4.79 Å². The van der Waals surface area contributed by atoms with Crippen LogP contribution in [0.1, 0.15) is 58.7 Å². The summed E-state index contributed by atoms with van der Waals surface area (Å²) in [6.45, 7) is 8.64. The number of alkyl carbamates (subject to hydrolysis) is 1. The van der Waals surface area contributed by atoms with Gasteiger partial charge in [-0.15, -0.1) is 10.2 Å². The largest absolute Gasteiger partial charge is 0.497 e. The number of amides is 1. The second-order valence-electron chi connectivity index (χ2n) is 8.59. The smallest absolute Gasteiger partial charge is 0.407 e. The Morgan fingerprint density at radius 3 is 2.64 bits per heavy atom. The molecule has 0 bridgehead atoms. The Morgan fingerprint density at radius 1 is 1.22 bits per heavy atom. The summed E-state index contributed by atoms with van der Waals surface area (Å²) < 4.78 is 12.3. The van der Waals surface area contributed by atoms with Crippen molar-refractivity contribution in [2.24, 2.45) is 10.9 Å². The van der Waals surface area contributed by atoms with Crippen molar-refractivity contribution in [2.45, 2.75) is 65.8 Å². The third kappa shape index (κ3) is 9.88. The molecule has 0 radical (unpaired) electrons. The van der Waals surface area contributed by atoms with Gasteiger partial charge in [0.05, 0.1) is 37.5 Å². The summed E-state index contributed by atoms with van der Waals surface area (Å²) >= 11 is 0. The molecule has 0 unspecified atom stereocenters. The SMILES string of the molecule is CCCOC(=O)N[C@H](C(=O)CCCCCN=CNc1cc(OC)ccc1-n1cnnc1C)C(C)C.S. The molecule has 0 saturated heterocycles. The number of carbonyl (C=O) groups is 2. The molecule has 1 heterocycles. The van der Waals surface area contributed by atoms with Crippen molar-refractivity contribution >= 4 is 37.4 Å². The quantitative estimate of drug-likeness (QED) is 0.203. The number of Topliss-reactive ketones (excluding diaryl/α,β-unsaturated/α-hetero) is 1. The normalized spacial score (nSPS) is 11.7. The number of hydrogen-bond donors (Lipinski definition) is 2. The Balaban J connectivity index is 0.00000648. The summed E-state index contributed by atoms with van der Waals surface area (Å²) in [5.74, 6) is 1.55. The first-order valence-electron chi connectivity index (χ1n) is 12.1. The average Bonchev–Trinajstić information content (AvgIpc) is 3.27. The Labute approximate surface area is 220 Å². The van der Waals surface area contributed by atoms with E-state index in [1.807, 2.05) is 50.5 Å². The van der Waals surface area contributed by atoms with Gasteiger partial charge in [-0.3, -0.25) is 14.4 Å². The van der Waals surface area contributed by atoms with Crippen molar-refractivity contribution < 1.29 is 19.1 Å². The lowest BCUT2D eigenvalue weighted by molar-refractivity contribution is -0.122. The van der Waals surface area contributed by atoms with Crippen LogP contribution < -0.4 is 15.4 Å². The van der Waals surface area contributed by atoms with E-state index in [0.717, 1.165) is 48.6 Å². The molecule has 0 fully saturated rings. The zero-order chi connectivity index (χ0) is 25.6. The van der Waals surface area contributed by atoms with Gasteiger partial charge in [0, 0.05) is 19.0 Å². The van der Waals surface area contributed by atoms with Crippen LogP contribution in [0.25, 0.3) is 5.69 Å². The number of ketones is 1. The van der Waals surface area contributed by atoms with Crippen LogP contribution in [0.4, 0.5) is 10.5 Å². The molecular weight excluding hydrogens is 480 g/mol. The van der Waals surface area contributed by atoms with E-state index in [9.17, 15) is 9.59 Å². The molecule has 1 atom stereocenters. The number of benzene rings is 1. The minimum Gasteiger partial charge on any atom is -0.497 e. The van der Waals surface area contributed by atoms with Crippen LogP contribution in [-0.2, 0) is 9.53 Å². The predicted octanol–water partition coefficient (Wildman–Crippen LogP) is 4.43. The molecule has 1 amide bonds. The topological polar surface area (TPSA) is 120 Å². The van der Waals surface area contributed by atoms with Crippen LogP contribution in [0.15, 0.2) is 29.5 Å². The third-order valence-electron chi connectivity index (χ3n) is 5.43. The molecule has 1 aromatic carbocycles. The summed E-state index contributed by atoms with van der Waals surface area (Å²) in [7, 11) is 1.62. The minimum atomic E-state index is -0.528. The number of ether oxygens (including phenoxy) is 2. The molecule has 0 aliphatic rings. The Hall–Kier alpha value is -3.08. The molecule has 0 aliphatic carbocycles. The highest BCUT2D eigenvalue weighted by Crippen LogP contribution is 2.26. The zero-order valence-electron chi connectivity index (χ0n) is 21.9. The van der Waals surface area contributed by atoms with Crippen LogP contribution in [0, 0.1) is 12.8 Å². The maximum absolute atomic E-state index is 12.6. The molecular formula is C25H40N6O4S. The Morgan fingerprint density at radius 2 is 2.00 bits per heavy atom. The highest BCUT2D eigenvalue weighted by Gasteiger charge is 2.24. The van der Waals surface area contributed by atoms with E-state index >= 15 is 0 Å². The lowest BCUT2D eigenvalue weighted by atomic mass is 9.96. The van der Waals surface area contributed by atoms with E-state index < -0.39 is 12.1 Å². The fourth-order valence-corrected chi connectivity index (χ4v) is 3.49. The second kappa shape index (κ2) is 16.6. The van der Waals surface area contributed by atoms with Gasteiger partial charge >= 0.3 is 6.09 Å². The van der Waals surface area contributed by atoms with Crippen LogP contribution in [0.3, 0.4) is 0 Å². The molecule has 0 spiro atoms. The first kappa shape index (κ1) is 31.0. The van der Waals surface area contributed by atoms with Crippen molar-refractivity contribution in [1.82, 2.24) is 20.1 Å². The Bertz CT molecular complexity index is 979. The van der Waals surface area contributed by atoms with Crippen LogP contribution in [0.5, 0.6) is 5.75 Å². The number of hydrogen-bond acceptors (Lipinski definition) is 7. The maximum atomic E-state index is 12.6. The van der Waals surface area contributed by atoms with Gasteiger partial charge in [0.1, 0.15) is 17.9 Å². The van der Waals surface area contributed by atoms with Gasteiger partial charge in [0.2, 0.25) is 0 Å². The van der Waals surface area contributed by atoms with E-state index in [1.54, 1.807) is 19.8 Å². The number of aryl methyl sites for hydroxylation is 1.